The van der Waals surface area contributed by atoms with Gasteiger partial charge in [0.2, 0.25) is 0 Å². The topological polar surface area (TPSA) is 95.9 Å². The molecule has 124 valence electrons. The van der Waals surface area contributed by atoms with Crippen molar-refractivity contribution in [3.8, 4) is 5.75 Å². The van der Waals surface area contributed by atoms with Crippen molar-refractivity contribution in [1.82, 2.24) is 10.2 Å². The highest BCUT2D eigenvalue weighted by molar-refractivity contribution is 6.09. The molecule has 1 aliphatic heterocycles. The number of aliphatic carboxylic acids is 1. The Labute approximate surface area is 134 Å². The van der Waals surface area contributed by atoms with E-state index < -0.39 is 29.5 Å². The number of hydrogen-bond acceptors (Lipinski definition) is 4. The lowest BCUT2D eigenvalue weighted by Gasteiger charge is -2.23. The van der Waals surface area contributed by atoms with Gasteiger partial charge in [0.15, 0.2) is 0 Å². The molecule has 2 rings (SSSR count). The highest BCUT2D eigenvalue weighted by Crippen LogP contribution is 2.31. The first-order chi connectivity index (χ1) is 10.8. The molecular weight excluding hydrogens is 300 g/mol. The molecule has 7 nitrogen and oxygen atoms in total. The second kappa shape index (κ2) is 6.28. The summed E-state index contributed by atoms with van der Waals surface area (Å²) in [5.74, 6) is -1.15. The molecule has 0 aliphatic carbocycles. The summed E-state index contributed by atoms with van der Waals surface area (Å²) >= 11 is 0. The van der Waals surface area contributed by atoms with Crippen molar-refractivity contribution < 1.29 is 24.2 Å². The van der Waals surface area contributed by atoms with Gasteiger partial charge in [-0.05, 0) is 38.0 Å². The number of benzene rings is 1. The Balaban J connectivity index is 2.26. The minimum absolute atomic E-state index is 0.569. The highest BCUT2D eigenvalue weighted by atomic mass is 16.5. The Morgan fingerprint density at radius 3 is 2.48 bits per heavy atom. The standard InChI is InChI=1S/C16H20N2O5/c1-4-9-23-12-7-5-11(6-8-12)16(3)14(21)18(15(22)17-16)10(2)13(19)20/h5-8,10H,4,9H2,1-3H3,(H,17,22)(H,19,20). The van der Waals surface area contributed by atoms with Crippen molar-refractivity contribution in [3.63, 3.8) is 0 Å². The fourth-order valence-corrected chi connectivity index (χ4v) is 2.42. The summed E-state index contributed by atoms with van der Waals surface area (Å²) in [4.78, 5) is 36.4. The minimum Gasteiger partial charge on any atom is -0.494 e. The molecule has 2 N–H and O–H groups in total. The van der Waals surface area contributed by atoms with Crippen LogP contribution in [-0.2, 0) is 15.1 Å². The Morgan fingerprint density at radius 1 is 1.35 bits per heavy atom. The number of imide groups is 1. The summed E-state index contributed by atoms with van der Waals surface area (Å²) < 4.78 is 5.48. The summed E-state index contributed by atoms with van der Waals surface area (Å²) in [6.45, 7) is 5.45. The fraction of sp³-hybridized carbons (Fsp3) is 0.438. The van der Waals surface area contributed by atoms with Gasteiger partial charge in [-0.25, -0.2) is 14.5 Å². The predicted octanol–water partition coefficient (Wildman–Crippen LogP) is 1.72. The number of carbonyl (C=O) groups is 3. The van der Waals surface area contributed by atoms with Crippen LogP contribution < -0.4 is 10.1 Å². The first-order valence-corrected chi connectivity index (χ1v) is 7.43. The molecule has 1 aromatic carbocycles. The summed E-state index contributed by atoms with van der Waals surface area (Å²) in [6.07, 6.45) is 0.885. The van der Waals surface area contributed by atoms with Gasteiger partial charge in [0.05, 0.1) is 6.61 Å². The summed E-state index contributed by atoms with van der Waals surface area (Å²) in [5.41, 5.74) is -0.718. The molecule has 2 atom stereocenters. The van der Waals surface area contributed by atoms with E-state index in [4.69, 9.17) is 9.84 Å². The van der Waals surface area contributed by atoms with Gasteiger partial charge in [0.1, 0.15) is 17.3 Å². The lowest BCUT2D eigenvalue weighted by atomic mass is 9.92. The van der Waals surface area contributed by atoms with Crippen LogP contribution in [0.2, 0.25) is 0 Å². The second-order valence-corrected chi connectivity index (χ2v) is 5.62. The number of ether oxygens (including phenoxy) is 1. The van der Waals surface area contributed by atoms with E-state index in [9.17, 15) is 14.4 Å². The highest BCUT2D eigenvalue weighted by Gasteiger charge is 2.51. The SMILES string of the molecule is CCCOc1ccc(C2(C)NC(=O)N(C(C)C(=O)O)C2=O)cc1. The van der Waals surface area contributed by atoms with Crippen LogP contribution in [0.15, 0.2) is 24.3 Å². The molecule has 23 heavy (non-hydrogen) atoms. The minimum atomic E-state index is -1.29. The predicted molar refractivity (Wildman–Crippen MR) is 82.1 cm³/mol. The van der Waals surface area contributed by atoms with E-state index in [0.29, 0.717) is 17.9 Å². The van der Waals surface area contributed by atoms with Crippen molar-refractivity contribution in [2.75, 3.05) is 6.61 Å². The molecule has 1 heterocycles. The Morgan fingerprint density at radius 2 is 1.96 bits per heavy atom. The molecule has 3 amide bonds. The zero-order chi connectivity index (χ0) is 17.2. The van der Waals surface area contributed by atoms with Gasteiger partial charge in [0, 0.05) is 0 Å². The third-order valence-electron chi connectivity index (χ3n) is 3.87. The number of amides is 3. The molecule has 2 unspecified atom stereocenters. The van der Waals surface area contributed by atoms with Crippen molar-refractivity contribution >= 4 is 17.9 Å². The van der Waals surface area contributed by atoms with Crippen LogP contribution in [0.1, 0.15) is 32.8 Å². The van der Waals surface area contributed by atoms with Gasteiger partial charge in [0.25, 0.3) is 5.91 Å². The lowest BCUT2D eigenvalue weighted by molar-refractivity contribution is -0.147. The maximum atomic E-state index is 12.6. The Bertz CT molecular complexity index is 628. The van der Waals surface area contributed by atoms with Crippen LogP contribution in [0.5, 0.6) is 5.75 Å². The maximum Gasteiger partial charge on any atom is 0.326 e. The van der Waals surface area contributed by atoms with Crippen molar-refractivity contribution in [1.29, 1.82) is 0 Å². The molecule has 1 fully saturated rings. The zero-order valence-electron chi connectivity index (χ0n) is 13.3. The number of urea groups is 1. The third-order valence-corrected chi connectivity index (χ3v) is 3.87. The van der Waals surface area contributed by atoms with E-state index in [0.717, 1.165) is 11.3 Å². The van der Waals surface area contributed by atoms with E-state index in [1.165, 1.54) is 6.92 Å². The van der Waals surface area contributed by atoms with Crippen molar-refractivity contribution in [3.05, 3.63) is 29.8 Å². The first-order valence-electron chi connectivity index (χ1n) is 7.43. The molecule has 0 radical (unpaired) electrons. The molecule has 0 bridgehead atoms. The van der Waals surface area contributed by atoms with Gasteiger partial charge >= 0.3 is 12.0 Å². The van der Waals surface area contributed by atoms with E-state index in [1.807, 2.05) is 6.92 Å². The maximum absolute atomic E-state index is 12.6. The van der Waals surface area contributed by atoms with Crippen molar-refractivity contribution in [2.24, 2.45) is 0 Å². The van der Waals surface area contributed by atoms with E-state index in [2.05, 4.69) is 5.32 Å². The Kier molecular flexibility index (Phi) is 4.58. The van der Waals surface area contributed by atoms with E-state index in [1.54, 1.807) is 31.2 Å². The van der Waals surface area contributed by atoms with Gasteiger partial charge in [-0.15, -0.1) is 0 Å². The number of carboxylic acids is 1. The Hall–Kier alpha value is -2.57. The molecule has 1 aromatic rings. The quantitative estimate of drug-likeness (QED) is 0.778. The average Bonchev–Trinajstić information content (AvgIpc) is 2.75. The number of nitrogens with one attached hydrogen (secondary N) is 1. The number of rotatable bonds is 6. The molecule has 1 aliphatic rings. The van der Waals surface area contributed by atoms with Gasteiger partial charge in [-0.1, -0.05) is 19.1 Å². The van der Waals surface area contributed by atoms with Crippen LogP contribution in [0, 0.1) is 0 Å². The number of carbonyl (C=O) groups excluding carboxylic acids is 2. The molecule has 0 aromatic heterocycles. The van der Waals surface area contributed by atoms with Gasteiger partial charge in [-0.3, -0.25) is 4.79 Å². The molecular formula is C16H20N2O5. The summed E-state index contributed by atoms with van der Waals surface area (Å²) in [7, 11) is 0. The number of nitrogens with zero attached hydrogens (tertiary/aromatic N) is 1. The summed E-state index contributed by atoms with van der Waals surface area (Å²) in [6, 6.07) is 4.89. The van der Waals surface area contributed by atoms with Crippen LogP contribution in [-0.4, -0.2) is 40.6 Å². The van der Waals surface area contributed by atoms with Crippen LogP contribution in [0.3, 0.4) is 0 Å². The molecule has 1 saturated heterocycles. The molecule has 0 saturated carbocycles. The van der Waals surface area contributed by atoms with Crippen molar-refractivity contribution in [2.45, 2.75) is 38.8 Å². The lowest BCUT2D eigenvalue weighted by Crippen LogP contribution is -2.45. The normalized spacial score (nSPS) is 22.0. The average molecular weight is 320 g/mol. The van der Waals surface area contributed by atoms with E-state index in [-0.39, 0.29) is 0 Å². The largest absolute Gasteiger partial charge is 0.494 e. The van der Waals surface area contributed by atoms with Gasteiger partial charge in [-0.2, -0.15) is 0 Å². The first kappa shape index (κ1) is 16.8. The van der Waals surface area contributed by atoms with Crippen LogP contribution in [0.25, 0.3) is 0 Å². The summed E-state index contributed by atoms with van der Waals surface area (Å²) in [5, 5.41) is 11.6. The van der Waals surface area contributed by atoms with Gasteiger partial charge < -0.3 is 15.2 Å². The monoisotopic (exact) mass is 320 g/mol. The molecule has 0 spiro atoms. The fourth-order valence-electron chi connectivity index (χ4n) is 2.42. The van der Waals surface area contributed by atoms with Crippen LogP contribution in [0.4, 0.5) is 4.79 Å². The van der Waals surface area contributed by atoms with E-state index >= 15 is 0 Å². The molecule has 7 heteroatoms. The smallest absolute Gasteiger partial charge is 0.326 e. The number of hydrogen-bond donors (Lipinski definition) is 2. The van der Waals surface area contributed by atoms with Crippen LogP contribution >= 0.6 is 0 Å². The number of carboxylic acid groups (broad SMARTS) is 1. The third kappa shape index (κ3) is 2.99. The second-order valence-electron chi connectivity index (χ2n) is 5.62. The zero-order valence-corrected chi connectivity index (χ0v) is 13.3.